The van der Waals surface area contributed by atoms with Gasteiger partial charge in [-0.05, 0) is 18.1 Å². The van der Waals surface area contributed by atoms with Gasteiger partial charge in [0.05, 0.1) is 5.69 Å². The van der Waals surface area contributed by atoms with E-state index in [4.69, 9.17) is 6.42 Å². The van der Waals surface area contributed by atoms with E-state index >= 15 is 0 Å². The minimum Gasteiger partial charge on any atom is -0.302 e. The predicted molar refractivity (Wildman–Crippen MR) is 55.2 cm³/mol. The number of terminal acetylenes is 1. The summed E-state index contributed by atoms with van der Waals surface area (Å²) in [7, 11) is 1.13. The van der Waals surface area contributed by atoms with Crippen molar-refractivity contribution >= 4 is 15.9 Å². The van der Waals surface area contributed by atoms with Crippen LogP contribution in [0.5, 0.6) is 0 Å². The second kappa shape index (κ2) is 2.69. The first kappa shape index (κ1) is 7.45. The Morgan fingerprint density at radius 1 is 1.50 bits per heavy atom. The molecule has 0 bridgehead atoms. The van der Waals surface area contributed by atoms with Crippen LogP contribution >= 0.6 is 0 Å². The molecule has 0 amide bonds. The van der Waals surface area contributed by atoms with Gasteiger partial charge in [-0.3, -0.25) is 0 Å². The largest absolute Gasteiger partial charge is 0.302 e. The number of hydrogen-bond donors (Lipinski definition) is 0. The number of hydrogen-bond acceptors (Lipinski definition) is 1. The lowest BCUT2D eigenvalue weighted by Gasteiger charge is -2.15. The highest BCUT2D eigenvalue weighted by molar-refractivity contribution is 6.15. The van der Waals surface area contributed by atoms with E-state index in [1.807, 2.05) is 6.07 Å². The van der Waals surface area contributed by atoms with Crippen LogP contribution in [0.3, 0.4) is 0 Å². The Hall–Kier alpha value is -1.20. The molecule has 0 fully saturated rings. The fourth-order valence-electron chi connectivity index (χ4n) is 1.76. The van der Waals surface area contributed by atoms with Crippen LogP contribution < -0.4 is 4.90 Å². The topological polar surface area (TPSA) is 3.24 Å². The lowest BCUT2D eigenvalue weighted by molar-refractivity contribution is 0.926. The summed E-state index contributed by atoms with van der Waals surface area (Å²) in [5.74, 6) is 0. The zero-order valence-electron chi connectivity index (χ0n) is 7.12. The Morgan fingerprint density at radius 3 is 3.00 bits per heavy atom. The van der Waals surface area contributed by atoms with Gasteiger partial charge in [0, 0.05) is 22.0 Å². The third-order valence-corrected chi connectivity index (χ3v) is 3.27. The standard InChI is InChI=1S/C10H11NSi/c1-2-11-9-6-4-3-5-8(9)7-10(11)12/h1,3-6,10H,7H2,12H3. The summed E-state index contributed by atoms with van der Waals surface area (Å²) in [6.07, 6.45) is 6.57. The Bertz CT molecular complexity index is 340. The smallest absolute Gasteiger partial charge is 0.0521 e. The molecule has 2 rings (SSSR count). The van der Waals surface area contributed by atoms with Gasteiger partial charge in [0.25, 0.3) is 0 Å². The van der Waals surface area contributed by atoms with Crippen molar-refractivity contribution in [2.75, 3.05) is 4.90 Å². The molecular formula is C10H11NSi. The van der Waals surface area contributed by atoms with Crippen LogP contribution in [0.4, 0.5) is 5.69 Å². The van der Waals surface area contributed by atoms with E-state index in [1.54, 1.807) is 0 Å². The van der Waals surface area contributed by atoms with Gasteiger partial charge >= 0.3 is 0 Å². The average Bonchev–Trinajstić information content (AvgIpc) is 2.40. The van der Waals surface area contributed by atoms with E-state index in [1.165, 1.54) is 11.3 Å². The number of rotatable bonds is 0. The zero-order chi connectivity index (χ0) is 8.55. The van der Waals surface area contributed by atoms with E-state index in [9.17, 15) is 0 Å². The third-order valence-electron chi connectivity index (χ3n) is 2.35. The molecule has 0 aliphatic carbocycles. The summed E-state index contributed by atoms with van der Waals surface area (Å²) in [4.78, 5) is 2.06. The summed E-state index contributed by atoms with van der Waals surface area (Å²) < 4.78 is 0. The molecule has 1 unspecified atom stereocenters. The van der Waals surface area contributed by atoms with Crippen molar-refractivity contribution in [1.29, 1.82) is 0 Å². The highest BCUT2D eigenvalue weighted by Gasteiger charge is 2.23. The Morgan fingerprint density at radius 2 is 2.25 bits per heavy atom. The maximum atomic E-state index is 5.44. The van der Waals surface area contributed by atoms with Gasteiger partial charge in [-0.25, -0.2) is 0 Å². The summed E-state index contributed by atoms with van der Waals surface area (Å²) in [6, 6.07) is 11.1. The number of anilines is 1. The Balaban J connectivity index is 2.49. The monoisotopic (exact) mass is 173 g/mol. The quantitative estimate of drug-likeness (QED) is 0.404. The summed E-state index contributed by atoms with van der Waals surface area (Å²) in [5.41, 5.74) is 3.22. The lowest BCUT2D eigenvalue weighted by Crippen LogP contribution is -2.26. The lowest BCUT2D eigenvalue weighted by atomic mass is 10.2. The fraction of sp³-hybridized carbons (Fsp3) is 0.200. The van der Waals surface area contributed by atoms with Gasteiger partial charge in [-0.1, -0.05) is 24.6 Å². The molecule has 0 saturated carbocycles. The molecule has 1 heterocycles. The van der Waals surface area contributed by atoms with E-state index in [2.05, 4.69) is 29.1 Å². The van der Waals surface area contributed by atoms with Crippen LogP contribution in [0.15, 0.2) is 24.3 Å². The molecule has 1 atom stereocenters. The van der Waals surface area contributed by atoms with Crippen LogP contribution in [-0.4, -0.2) is 15.9 Å². The average molecular weight is 173 g/mol. The Labute approximate surface area is 75.8 Å². The van der Waals surface area contributed by atoms with E-state index < -0.39 is 0 Å². The van der Waals surface area contributed by atoms with E-state index in [0.29, 0.717) is 5.67 Å². The molecule has 2 heteroatoms. The van der Waals surface area contributed by atoms with E-state index in [0.717, 1.165) is 16.7 Å². The van der Waals surface area contributed by atoms with Crippen molar-refractivity contribution in [2.45, 2.75) is 12.1 Å². The molecule has 12 heavy (non-hydrogen) atoms. The van der Waals surface area contributed by atoms with Crippen LogP contribution in [0.25, 0.3) is 0 Å². The van der Waals surface area contributed by atoms with Crippen molar-refractivity contribution < 1.29 is 0 Å². The second-order valence-electron chi connectivity index (χ2n) is 3.18. The first-order valence-corrected chi connectivity index (χ1v) is 5.32. The van der Waals surface area contributed by atoms with Gasteiger partial charge in [0.15, 0.2) is 0 Å². The number of para-hydroxylation sites is 1. The molecule has 0 radical (unpaired) electrons. The summed E-state index contributed by atoms with van der Waals surface area (Å²) in [5, 5.41) is 0. The maximum Gasteiger partial charge on any atom is 0.0521 e. The summed E-state index contributed by atoms with van der Waals surface area (Å²) in [6.45, 7) is 0. The minimum atomic E-state index is 0.590. The van der Waals surface area contributed by atoms with E-state index in [-0.39, 0.29) is 0 Å². The second-order valence-corrected chi connectivity index (χ2v) is 4.51. The van der Waals surface area contributed by atoms with Crippen LogP contribution in [0, 0.1) is 12.5 Å². The fourth-order valence-corrected chi connectivity index (χ4v) is 2.63. The van der Waals surface area contributed by atoms with Crippen molar-refractivity contribution in [1.82, 2.24) is 0 Å². The van der Waals surface area contributed by atoms with Gasteiger partial charge in [0.2, 0.25) is 0 Å². The molecule has 0 N–H and O–H groups in total. The molecule has 1 aromatic rings. The van der Waals surface area contributed by atoms with Crippen molar-refractivity contribution in [2.24, 2.45) is 0 Å². The maximum absolute atomic E-state index is 5.44. The minimum absolute atomic E-state index is 0.590. The third kappa shape index (κ3) is 0.944. The highest BCUT2D eigenvalue weighted by atomic mass is 28.1. The Kier molecular flexibility index (Phi) is 1.67. The van der Waals surface area contributed by atoms with Gasteiger partial charge in [-0.15, -0.1) is 0 Å². The van der Waals surface area contributed by atoms with Crippen molar-refractivity contribution in [3.63, 3.8) is 0 Å². The molecule has 0 saturated heterocycles. The predicted octanol–water partition coefficient (Wildman–Crippen LogP) is 0.331. The van der Waals surface area contributed by atoms with Crippen LogP contribution in [-0.2, 0) is 6.42 Å². The number of fused-ring (bicyclic) bond motifs is 1. The van der Waals surface area contributed by atoms with Gasteiger partial charge < -0.3 is 4.90 Å². The highest BCUT2D eigenvalue weighted by Crippen LogP contribution is 2.29. The van der Waals surface area contributed by atoms with Gasteiger partial charge in [-0.2, -0.15) is 0 Å². The SMILES string of the molecule is C#CN1c2ccccc2CC1[SiH3]. The van der Waals surface area contributed by atoms with Crippen LogP contribution in [0.2, 0.25) is 0 Å². The number of benzene rings is 1. The molecule has 1 nitrogen and oxygen atoms in total. The molecular weight excluding hydrogens is 162 g/mol. The van der Waals surface area contributed by atoms with Crippen LogP contribution in [0.1, 0.15) is 5.56 Å². The summed E-state index contributed by atoms with van der Waals surface area (Å²) >= 11 is 0. The molecule has 60 valence electrons. The first-order valence-electron chi connectivity index (χ1n) is 4.16. The molecule has 1 aliphatic heterocycles. The molecule has 0 spiro atoms. The molecule has 1 aliphatic rings. The van der Waals surface area contributed by atoms with Crippen molar-refractivity contribution in [3.8, 4) is 12.5 Å². The molecule has 0 aromatic heterocycles. The number of nitrogens with zero attached hydrogens (tertiary/aromatic N) is 1. The first-order chi connectivity index (χ1) is 5.83. The zero-order valence-corrected chi connectivity index (χ0v) is 9.12. The molecule has 1 aromatic carbocycles. The van der Waals surface area contributed by atoms with Gasteiger partial charge in [0.1, 0.15) is 0 Å². The van der Waals surface area contributed by atoms with Crippen molar-refractivity contribution in [3.05, 3.63) is 29.8 Å². The normalized spacial score (nSPS) is 20.6.